The number of methoxy groups -OCH3 is 4. The van der Waals surface area contributed by atoms with E-state index in [1.165, 1.54) is 18.5 Å². The van der Waals surface area contributed by atoms with Gasteiger partial charge in [-0.05, 0) is 19.1 Å². The van der Waals surface area contributed by atoms with Crippen LogP contribution in [0.4, 0.5) is 25.0 Å². The van der Waals surface area contributed by atoms with Gasteiger partial charge in [-0.2, -0.15) is 5.10 Å². The molecule has 0 bridgehead atoms. The molecular formula is C20H24N4O12. The second-order valence-electron chi connectivity index (χ2n) is 7.40. The van der Waals surface area contributed by atoms with Crippen molar-refractivity contribution >= 4 is 35.9 Å². The SMILES string of the molecule is COC(=O)Nc1ncnn2c([C@@H]3O[C@](C)(COC(=O)OC)[C@@H](OC(=O)OC)[C@H]3OC(=O)OC)ccc12. The average Bonchev–Trinajstić information content (AvgIpc) is 3.42. The Morgan fingerprint density at radius 2 is 1.67 bits per heavy atom. The Labute approximate surface area is 203 Å². The number of anilines is 1. The Bertz CT molecular complexity index is 1140. The predicted octanol–water partition coefficient (Wildman–Crippen LogP) is 1.82. The fraction of sp³-hybridized carbons (Fsp3) is 0.500. The summed E-state index contributed by atoms with van der Waals surface area (Å²) in [6.45, 7) is 0.999. The normalized spacial score (nSPS) is 22.9. The number of rotatable bonds is 6. The van der Waals surface area contributed by atoms with Gasteiger partial charge in [0, 0.05) is 0 Å². The lowest BCUT2D eigenvalue weighted by molar-refractivity contribution is -0.115. The van der Waals surface area contributed by atoms with Crippen LogP contribution in [0.3, 0.4) is 0 Å². The van der Waals surface area contributed by atoms with Gasteiger partial charge in [0.05, 0.1) is 34.1 Å². The molecule has 0 radical (unpaired) electrons. The first-order chi connectivity index (χ1) is 17.2. The highest BCUT2D eigenvalue weighted by atomic mass is 16.8. The van der Waals surface area contributed by atoms with Gasteiger partial charge in [0.15, 0.2) is 18.0 Å². The lowest BCUT2D eigenvalue weighted by Crippen LogP contribution is -2.48. The molecule has 1 amide bonds. The molecule has 0 aromatic carbocycles. The van der Waals surface area contributed by atoms with Crippen LogP contribution < -0.4 is 5.32 Å². The smallest absolute Gasteiger partial charge is 0.453 e. The zero-order valence-electron chi connectivity index (χ0n) is 19.9. The van der Waals surface area contributed by atoms with Crippen LogP contribution in [0, 0.1) is 0 Å². The van der Waals surface area contributed by atoms with Crippen LogP contribution in [0.5, 0.6) is 0 Å². The Morgan fingerprint density at radius 1 is 1.00 bits per heavy atom. The molecule has 1 N–H and O–H groups in total. The second kappa shape index (κ2) is 10.9. The molecule has 16 heteroatoms. The molecule has 1 aliphatic rings. The number of hydrogen-bond acceptors (Lipinski definition) is 14. The first kappa shape index (κ1) is 26.3. The molecule has 0 spiro atoms. The lowest BCUT2D eigenvalue weighted by atomic mass is 9.96. The van der Waals surface area contributed by atoms with Crippen LogP contribution in [0.2, 0.25) is 0 Å². The quantitative estimate of drug-likeness (QED) is 0.436. The summed E-state index contributed by atoms with van der Waals surface area (Å²) >= 11 is 0. The van der Waals surface area contributed by atoms with Crippen LogP contribution >= 0.6 is 0 Å². The molecule has 0 unspecified atom stereocenters. The Morgan fingerprint density at radius 3 is 2.31 bits per heavy atom. The number of amides is 1. The molecule has 196 valence electrons. The summed E-state index contributed by atoms with van der Waals surface area (Å²) in [5.74, 6) is 0.116. The van der Waals surface area contributed by atoms with Gasteiger partial charge < -0.3 is 37.9 Å². The monoisotopic (exact) mass is 512 g/mol. The first-order valence-electron chi connectivity index (χ1n) is 10.2. The maximum absolute atomic E-state index is 12.1. The fourth-order valence-corrected chi connectivity index (χ4v) is 3.58. The maximum Gasteiger partial charge on any atom is 0.508 e. The predicted molar refractivity (Wildman–Crippen MR) is 114 cm³/mol. The number of ether oxygens (including phenoxy) is 8. The van der Waals surface area contributed by atoms with E-state index in [0.29, 0.717) is 11.2 Å². The number of nitrogens with zero attached hydrogens (tertiary/aromatic N) is 3. The highest BCUT2D eigenvalue weighted by Gasteiger charge is 2.59. The summed E-state index contributed by atoms with van der Waals surface area (Å²) in [4.78, 5) is 51.5. The van der Waals surface area contributed by atoms with E-state index in [1.54, 1.807) is 12.1 Å². The molecule has 4 atom stereocenters. The topological polar surface area (TPSA) is 184 Å². The zero-order chi connectivity index (χ0) is 26.5. The number of hydrogen-bond donors (Lipinski definition) is 1. The van der Waals surface area contributed by atoms with E-state index in [2.05, 4.69) is 34.3 Å². The summed E-state index contributed by atoms with van der Waals surface area (Å²) in [6.07, 6.45) is -6.66. The number of fused-ring (bicyclic) bond motifs is 1. The van der Waals surface area contributed by atoms with E-state index in [0.717, 1.165) is 27.7 Å². The average molecular weight is 512 g/mol. The summed E-state index contributed by atoms with van der Waals surface area (Å²) in [7, 11) is 4.48. The fourth-order valence-electron chi connectivity index (χ4n) is 3.58. The van der Waals surface area contributed by atoms with Crippen LogP contribution in [0.15, 0.2) is 18.5 Å². The van der Waals surface area contributed by atoms with Gasteiger partial charge in [0.1, 0.15) is 30.2 Å². The Hall–Kier alpha value is -4.34. The van der Waals surface area contributed by atoms with Gasteiger partial charge in [0.25, 0.3) is 0 Å². The van der Waals surface area contributed by atoms with Crippen molar-refractivity contribution in [2.45, 2.75) is 30.8 Å². The third-order valence-corrected chi connectivity index (χ3v) is 5.21. The molecular weight excluding hydrogens is 488 g/mol. The van der Waals surface area contributed by atoms with Crippen LogP contribution in [0.1, 0.15) is 18.7 Å². The summed E-state index contributed by atoms with van der Waals surface area (Å²) < 4.78 is 41.6. The van der Waals surface area contributed by atoms with Crippen molar-refractivity contribution < 1.29 is 57.1 Å². The van der Waals surface area contributed by atoms with Crippen molar-refractivity contribution in [1.82, 2.24) is 14.6 Å². The summed E-state index contributed by atoms with van der Waals surface area (Å²) in [6, 6.07) is 3.13. The van der Waals surface area contributed by atoms with E-state index in [-0.39, 0.29) is 5.82 Å². The molecule has 16 nitrogen and oxygen atoms in total. The molecule has 36 heavy (non-hydrogen) atoms. The van der Waals surface area contributed by atoms with Crippen molar-refractivity contribution in [3.63, 3.8) is 0 Å². The third-order valence-electron chi connectivity index (χ3n) is 5.21. The van der Waals surface area contributed by atoms with Crippen LogP contribution in [-0.2, 0) is 37.9 Å². The van der Waals surface area contributed by atoms with Gasteiger partial charge in [-0.15, -0.1) is 0 Å². The van der Waals surface area contributed by atoms with Crippen molar-refractivity contribution in [2.24, 2.45) is 0 Å². The van der Waals surface area contributed by atoms with E-state index in [4.69, 9.17) is 18.9 Å². The molecule has 2 aromatic rings. The van der Waals surface area contributed by atoms with E-state index < -0.39 is 55.1 Å². The van der Waals surface area contributed by atoms with Gasteiger partial charge in [-0.1, -0.05) is 0 Å². The Balaban J connectivity index is 2.08. The van der Waals surface area contributed by atoms with Gasteiger partial charge in [0.2, 0.25) is 0 Å². The maximum atomic E-state index is 12.1. The van der Waals surface area contributed by atoms with Crippen molar-refractivity contribution in [3.05, 3.63) is 24.2 Å². The zero-order valence-corrected chi connectivity index (χ0v) is 19.9. The molecule has 0 saturated carbocycles. The largest absolute Gasteiger partial charge is 0.508 e. The van der Waals surface area contributed by atoms with E-state index >= 15 is 0 Å². The van der Waals surface area contributed by atoms with Gasteiger partial charge in [-0.25, -0.2) is 28.7 Å². The number of carbonyl (C=O) groups excluding carboxylic acids is 4. The number of carbonyl (C=O) groups is 4. The molecule has 1 fully saturated rings. The molecule has 3 heterocycles. The van der Waals surface area contributed by atoms with Gasteiger partial charge >= 0.3 is 24.6 Å². The molecule has 2 aromatic heterocycles. The molecule has 3 rings (SSSR count). The first-order valence-corrected chi connectivity index (χ1v) is 10.2. The molecule has 1 saturated heterocycles. The molecule has 1 aliphatic heterocycles. The summed E-state index contributed by atoms with van der Waals surface area (Å²) in [5.41, 5.74) is -0.923. The van der Waals surface area contributed by atoms with Gasteiger partial charge in [-0.3, -0.25) is 5.32 Å². The minimum absolute atomic E-state index is 0.116. The second-order valence-corrected chi connectivity index (χ2v) is 7.40. The van der Waals surface area contributed by atoms with Crippen LogP contribution in [0.25, 0.3) is 5.52 Å². The van der Waals surface area contributed by atoms with Crippen molar-refractivity contribution in [1.29, 1.82) is 0 Å². The van der Waals surface area contributed by atoms with E-state index in [1.807, 2.05) is 0 Å². The van der Waals surface area contributed by atoms with Crippen molar-refractivity contribution in [3.8, 4) is 0 Å². The molecule has 0 aliphatic carbocycles. The van der Waals surface area contributed by atoms with E-state index in [9.17, 15) is 19.2 Å². The minimum Gasteiger partial charge on any atom is -0.453 e. The number of aromatic nitrogens is 3. The lowest BCUT2D eigenvalue weighted by Gasteiger charge is -2.29. The highest BCUT2D eigenvalue weighted by molar-refractivity contribution is 5.88. The van der Waals surface area contributed by atoms with Crippen LogP contribution in [-0.4, -0.2) is 92.0 Å². The Kier molecular flexibility index (Phi) is 7.98. The minimum atomic E-state index is -1.56. The third kappa shape index (κ3) is 5.32. The standard InChI is InChI=1S/C20H24N4O12/c1-20(8-33-17(26)30-3)14(35-19(28)32-5)13(34-18(27)31-4)12(36-20)10-6-7-11-15(23-16(25)29-2)21-9-22-24(10)11/h6-7,9,12-14H,8H2,1-5H3,(H,21,22,23,25)/t12-,13-,14-,20+/m0/s1. The highest BCUT2D eigenvalue weighted by Crippen LogP contribution is 2.44. The number of nitrogens with one attached hydrogen (secondary N) is 1. The summed E-state index contributed by atoms with van der Waals surface area (Å²) in [5, 5.41) is 6.63. The van der Waals surface area contributed by atoms with Crippen molar-refractivity contribution in [2.75, 3.05) is 40.4 Å².